The monoisotopic (exact) mass is 447 g/mol. The summed E-state index contributed by atoms with van der Waals surface area (Å²) in [7, 11) is 0. The number of nitrogens with zero attached hydrogens (tertiary/aromatic N) is 1. The molecule has 1 saturated carbocycles. The smallest absolute Gasteiger partial charge is 0.239 e. The normalized spacial score (nSPS) is 22.8. The Hall–Kier alpha value is -3.02. The summed E-state index contributed by atoms with van der Waals surface area (Å²) in [5, 5.41) is 6.81. The molecule has 1 fully saturated rings. The molecule has 0 saturated heterocycles. The Morgan fingerprint density at radius 1 is 1.12 bits per heavy atom. The van der Waals surface area contributed by atoms with E-state index in [-0.39, 0.29) is 29.7 Å². The molecule has 6 nitrogen and oxygen atoms in total. The van der Waals surface area contributed by atoms with Gasteiger partial charge in [-0.05, 0) is 48.9 Å². The number of ketones is 1. The lowest BCUT2D eigenvalue weighted by molar-refractivity contribution is -0.121. The molecule has 2 aliphatic carbocycles. The number of amides is 1. The van der Waals surface area contributed by atoms with Gasteiger partial charge in [0.1, 0.15) is 11.8 Å². The molecule has 174 valence electrons. The minimum atomic E-state index is -0.452. The molecule has 1 aromatic carbocycles. The predicted octanol–water partition coefficient (Wildman–Crippen LogP) is 5.34. The van der Waals surface area contributed by atoms with Crippen molar-refractivity contribution in [2.24, 2.45) is 5.41 Å². The van der Waals surface area contributed by atoms with Gasteiger partial charge in [0.05, 0.1) is 24.2 Å². The third kappa shape index (κ3) is 4.43. The highest BCUT2D eigenvalue weighted by atomic mass is 16.3. The third-order valence-electron chi connectivity index (χ3n) is 7.10. The molecule has 2 aromatic rings. The maximum atomic E-state index is 13.5. The first-order valence-corrected chi connectivity index (χ1v) is 12.1. The number of rotatable bonds is 4. The van der Waals surface area contributed by atoms with Crippen LogP contribution in [0.4, 0.5) is 11.4 Å². The van der Waals surface area contributed by atoms with Crippen molar-refractivity contribution in [3.05, 3.63) is 59.7 Å². The van der Waals surface area contributed by atoms with Gasteiger partial charge >= 0.3 is 0 Å². The second-order valence-electron chi connectivity index (χ2n) is 10.4. The van der Waals surface area contributed by atoms with Gasteiger partial charge < -0.3 is 20.0 Å². The van der Waals surface area contributed by atoms with Crippen molar-refractivity contribution in [2.75, 3.05) is 16.8 Å². The molecular formula is C27H33N3O3. The highest BCUT2D eigenvalue weighted by Crippen LogP contribution is 2.48. The summed E-state index contributed by atoms with van der Waals surface area (Å²) in [6.07, 6.45) is 8.52. The molecule has 2 N–H and O–H groups in total. The van der Waals surface area contributed by atoms with Gasteiger partial charge in [-0.1, -0.05) is 45.2 Å². The Bertz CT molecular complexity index is 1060. The molecule has 1 aromatic heterocycles. The van der Waals surface area contributed by atoms with Crippen LogP contribution >= 0.6 is 0 Å². The number of furan rings is 1. The molecule has 0 bridgehead atoms. The van der Waals surface area contributed by atoms with Gasteiger partial charge in [-0.2, -0.15) is 0 Å². The van der Waals surface area contributed by atoms with E-state index in [1.54, 1.807) is 6.26 Å². The number of para-hydroxylation sites is 2. The summed E-state index contributed by atoms with van der Waals surface area (Å²) in [6, 6.07) is 11.5. The minimum absolute atomic E-state index is 0.0131. The molecular weight excluding hydrogens is 414 g/mol. The van der Waals surface area contributed by atoms with E-state index in [0.29, 0.717) is 17.8 Å². The number of hydrogen-bond acceptors (Lipinski definition) is 5. The number of anilines is 2. The SMILES string of the molecule is CC1(C)CC(=O)C2=C(C1)Nc1ccccc1N(CC(=O)NC1CCCCC1)[C@H]2c1ccco1. The van der Waals surface area contributed by atoms with E-state index in [1.165, 1.54) is 6.42 Å². The van der Waals surface area contributed by atoms with Crippen LogP contribution < -0.4 is 15.5 Å². The van der Waals surface area contributed by atoms with E-state index < -0.39 is 6.04 Å². The number of benzene rings is 1. The summed E-state index contributed by atoms with van der Waals surface area (Å²) in [4.78, 5) is 28.8. The fraction of sp³-hybridized carbons (Fsp3) is 0.481. The summed E-state index contributed by atoms with van der Waals surface area (Å²) >= 11 is 0. The molecule has 0 radical (unpaired) electrons. The fourth-order valence-electron chi connectivity index (χ4n) is 5.64. The zero-order valence-corrected chi connectivity index (χ0v) is 19.5. The summed E-state index contributed by atoms with van der Waals surface area (Å²) in [5.41, 5.74) is 3.33. The van der Waals surface area contributed by atoms with Crippen molar-refractivity contribution in [2.45, 2.75) is 70.9 Å². The second kappa shape index (κ2) is 8.73. The molecule has 0 unspecified atom stereocenters. The lowest BCUT2D eigenvalue weighted by atomic mass is 9.74. The average molecular weight is 448 g/mol. The maximum absolute atomic E-state index is 13.5. The van der Waals surface area contributed by atoms with Crippen LogP contribution in [0, 0.1) is 5.41 Å². The minimum Gasteiger partial charge on any atom is -0.467 e. The van der Waals surface area contributed by atoms with Crippen molar-refractivity contribution in [3.8, 4) is 0 Å². The van der Waals surface area contributed by atoms with E-state index in [9.17, 15) is 9.59 Å². The number of allylic oxidation sites excluding steroid dienone is 1. The van der Waals surface area contributed by atoms with Crippen LogP contribution in [-0.4, -0.2) is 24.3 Å². The highest BCUT2D eigenvalue weighted by molar-refractivity contribution is 6.01. The van der Waals surface area contributed by atoms with Crippen LogP contribution in [0.3, 0.4) is 0 Å². The first kappa shape index (κ1) is 21.8. The Morgan fingerprint density at radius 2 is 1.91 bits per heavy atom. The van der Waals surface area contributed by atoms with Gasteiger partial charge in [-0.15, -0.1) is 0 Å². The van der Waals surface area contributed by atoms with Gasteiger partial charge in [-0.25, -0.2) is 0 Å². The van der Waals surface area contributed by atoms with Crippen molar-refractivity contribution >= 4 is 23.1 Å². The number of Topliss-reactive ketones (excluding diaryl/α,β-unsaturated/α-hetero) is 1. The van der Waals surface area contributed by atoms with Crippen molar-refractivity contribution in [1.29, 1.82) is 0 Å². The molecule has 1 amide bonds. The molecule has 3 aliphatic rings. The Balaban J connectivity index is 1.57. The second-order valence-corrected chi connectivity index (χ2v) is 10.4. The van der Waals surface area contributed by atoms with Crippen LogP contribution in [0.15, 0.2) is 58.3 Å². The molecule has 33 heavy (non-hydrogen) atoms. The predicted molar refractivity (Wildman–Crippen MR) is 129 cm³/mol. The van der Waals surface area contributed by atoms with E-state index in [0.717, 1.165) is 49.2 Å². The first-order chi connectivity index (χ1) is 15.9. The van der Waals surface area contributed by atoms with E-state index >= 15 is 0 Å². The van der Waals surface area contributed by atoms with Gasteiger partial charge in [0.15, 0.2) is 5.78 Å². The topological polar surface area (TPSA) is 74.6 Å². The van der Waals surface area contributed by atoms with Gasteiger partial charge in [0.2, 0.25) is 5.91 Å². The molecule has 2 heterocycles. The van der Waals surface area contributed by atoms with E-state index in [4.69, 9.17) is 4.42 Å². The molecule has 1 atom stereocenters. The van der Waals surface area contributed by atoms with Gasteiger partial charge in [0.25, 0.3) is 0 Å². The average Bonchev–Trinajstić information content (AvgIpc) is 3.26. The summed E-state index contributed by atoms with van der Waals surface area (Å²) < 4.78 is 5.87. The Kier molecular flexibility index (Phi) is 5.77. The Morgan fingerprint density at radius 3 is 2.67 bits per heavy atom. The first-order valence-electron chi connectivity index (χ1n) is 12.1. The van der Waals surface area contributed by atoms with Crippen molar-refractivity contribution in [3.63, 3.8) is 0 Å². The fourth-order valence-corrected chi connectivity index (χ4v) is 5.64. The molecule has 5 rings (SSSR count). The Labute approximate surface area is 195 Å². The van der Waals surface area contributed by atoms with Crippen LogP contribution in [0.5, 0.6) is 0 Å². The van der Waals surface area contributed by atoms with Crippen molar-refractivity contribution in [1.82, 2.24) is 5.32 Å². The molecule has 6 heteroatoms. The van der Waals surface area contributed by atoms with Crippen LogP contribution in [0.2, 0.25) is 0 Å². The highest BCUT2D eigenvalue weighted by Gasteiger charge is 2.43. The van der Waals surface area contributed by atoms with Crippen LogP contribution in [0.25, 0.3) is 0 Å². The van der Waals surface area contributed by atoms with Crippen LogP contribution in [0.1, 0.15) is 70.6 Å². The maximum Gasteiger partial charge on any atom is 0.239 e. The van der Waals surface area contributed by atoms with Crippen molar-refractivity contribution < 1.29 is 14.0 Å². The largest absolute Gasteiger partial charge is 0.467 e. The zero-order valence-electron chi connectivity index (χ0n) is 19.5. The number of carbonyl (C=O) groups excluding carboxylic acids is 2. The number of nitrogens with one attached hydrogen (secondary N) is 2. The lowest BCUT2D eigenvalue weighted by Crippen LogP contribution is -2.45. The number of fused-ring (bicyclic) bond motifs is 1. The lowest BCUT2D eigenvalue weighted by Gasteiger charge is -2.37. The zero-order chi connectivity index (χ0) is 23.0. The third-order valence-corrected chi connectivity index (χ3v) is 7.10. The van der Waals surface area contributed by atoms with Gasteiger partial charge in [-0.3, -0.25) is 9.59 Å². The molecule has 1 aliphatic heterocycles. The number of carbonyl (C=O) groups is 2. The summed E-state index contributed by atoms with van der Waals surface area (Å²) in [5.74, 6) is 0.779. The number of hydrogen-bond donors (Lipinski definition) is 2. The van der Waals surface area contributed by atoms with Crippen LogP contribution in [-0.2, 0) is 9.59 Å². The quantitative estimate of drug-likeness (QED) is 0.661. The molecule has 0 spiro atoms. The summed E-state index contributed by atoms with van der Waals surface area (Å²) in [6.45, 7) is 4.42. The van der Waals surface area contributed by atoms with E-state index in [2.05, 4.69) is 24.5 Å². The van der Waals surface area contributed by atoms with E-state index in [1.807, 2.05) is 41.3 Å². The standard InChI is InChI=1S/C27H33N3O3/c1-27(2)15-20-25(22(31)16-27)26(23-13-8-14-33-23)30(21-12-7-6-11-19(21)29-20)17-24(32)28-18-9-4-3-5-10-18/h6-8,11-14,18,26,29H,3-5,9-10,15-17H2,1-2H3,(H,28,32)/t26-/m0/s1. The van der Waals surface area contributed by atoms with Gasteiger partial charge in [0, 0.05) is 23.7 Å².